The maximum absolute atomic E-state index is 12.1. The lowest BCUT2D eigenvalue weighted by molar-refractivity contribution is 0.102. The quantitative estimate of drug-likeness (QED) is 0.873. The summed E-state index contributed by atoms with van der Waals surface area (Å²) < 4.78 is 1.50. The summed E-state index contributed by atoms with van der Waals surface area (Å²) in [5.74, 6) is 0.150. The standard InChI is InChI=1S/C12H13ClN4O/c1-7-4-3-5-8(10(7)13)12(18)16-11-9(14)6-15-17(11)2/h3-6H,14H2,1-2H3,(H,16,18). The second kappa shape index (κ2) is 4.70. The van der Waals surface area contributed by atoms with Crippen LogP contribution in [0.1, 0.15) is 15.9 Å². The Morgan fingerprint density at radius 1 is 1.50 bits per heavy atom. The van der Waals surface area contributed by atoms with E-state index in [1.165, 1.54) is 10.9 Å². The number of rotatable bonds is 2. The van der Waals surface area contributed by atoms with Gasteiger partial charge in [0, 0.05) is 7.05 Å². The fourth-order valence-electron chi connectivity index (χ4n) is 1.61. The molecule has 0 aliphatic rings. The number of aromatic nitrogens is 2. The Hall–Kier alpha value is -2.01. The van der Waals surface area contributed by atoms with Crippen LogP contribution in [0.3, 0.4) is 0 Å². The van der Waals surface area contributed by atoms with Gasteiger partial charge in [-0.05, 0) is 18.6 Å². The molecule has 18 heavy (non-hydrogen) atoms. The largest absolute Gasteiger partial charge is 0.394 e. The van der Waals surface area contributed by atoms with Gasteiger partial charge in [0.1, 0.15) is 0 Å². The Kier molecular flexibility index (Phi) is 3.25. The molecule has 1 aromatic heterocycles. The van der Waals surface area contributed by atoms with Gasteiger partial charge in [-0.1, -0.05) is 23.7 Å². The molecule has 0 saturated heterocycles. The average Bonchev–Trinajstić information content (AvgIpc) is 2.64. The van der Waals surface area contributed by atoms with Crippen molar-refractivity contribution in [2.75, 3.05) is 11.1 Å². The van der Waals surface area contributed by atoms with E-state index in [2.05, 4.69) is 10.4 Å². The molecule has 3 N–H and O–H groups in total. The zero-order valence-electron chi connectivity index (χ0n) is 10.1. The molecule has 5 nitrogen and oxygen atoms in total. The predicted molar refractivity (Wildman–Crippen MR) is 71.8 cm³/mol. The summed E-state index contributed by atoms with van der Waals surface area (Å²) >= 11 is 6.09. The van der Waals surface area contributed by atoms with Crippen molar-refractivity contribution in [3.8, 4) is 0 Å². The van der Waals surface area contributed by atoms with E-state index in [4.69, 9.17) is 17.3 Å². The van der Waals surface area contributed by atoms with Gasteiger partial charge >= 0.3 is 0 Å². The normalized spacial score (nSPS) is 10.4. The summed E-state index contributed by atoms with van der Waals surface area (Å²) in [5, 5.41) is 7.08. The molecule has 0 unspecified atom stereocenters. The molecule has 1 heterocycles. The molecule has 0 aliphatic carbocycles. The van der Waals surface area contributed by atoms with Gasteiger partial charge in [-0.25, -0.2) is 0 Å². The van der Waals surface area contributed by atoms with Gasteiger partial charge in [-0.15, -0.1) is 0 Å². The van der Waals surface area contributed by atoms with E-state index < -0.39 is 0 Å². The lowest BCUT2D eigenvalue weighted by Crippen LogP contribution is -2.16. The van der Waals surface area contributed by atoms with Crippen molar-refractivity contribution >= 4 is 29.0 Å². The van der Waals surface area contributed by atoms with E-state index in [1.54, 1.807) is 19.2 Å². The predicted octanol–water partition coefficient (Wildman–Crippen LogP) is 2.22. The molecular weight excluding hydrogens is 252 g/mol. The van der Waals surface area contributed by atoms with Gasteiger partial charge in [0.15, 0.2) is 5.82 Å². The van der Waals surface area contributed by atoms with Gasteiger partial charge in [0.25, 0.3) is 5.91 Å². The van der Waals surface area contributed by atoms with Crippen LogP contribution < -0.4 is 11.1 Å². The molecular formula is C12H13ClN4O. The van der Waals surface area contributed by atoms with Crippen molar-refractivity contribution in [3.63, 3.8) is 0 Å². The first kappa shape index (κ1) is 12.4. The van der Waals surface area contributed by atoms with Crippen LogP contribution in [0.5, 0.6) is 0 Å². The average molecular weight is 265 g/mol. The van der Waals surface area contributed by atoms with Crippen molar-refractivity contribution in [3.05, 3.63) is 40.5 Å². The highest BCUT2D eigenvalue weighted by Gasteiger charge is 2.15. The van der Waals surface area contributed by atoms with Crippen LogP contribution in [0.15, 0.2) is 24.4 Å². The van der Waals surface area contributed by atoms with Gasteiger partial charge in [-0.3, -0.25) is 9.48 Å². The van der Waals surface area contributed by atoms with Crippen molar-refractivity contribution in [1.82, 2.24) is 9.78 Å². The first-order valence-electron chi connectivity index (χ1n) is 5.34. The highest BCUT2D eigenvalue weighted by molar-refractivity contribution is 6.35. The SMILES string of the molecule is Cc1cccc(C(=O)Nc2c(N)cnn2C)c1Cl. The third-order valence-electron chi connectivity index (χ3n) is 2.64. The molecule has 0 bridgehead atoms. The smallest absolute Gasteiger partial charge is 0.258 e. The molecule has 94 valence electrons. The third kappa shape index (κ3) is 2.17. The molecule has 0 fully saturated rings. The number of hydrogen-bond acceptors (Lipinski definition) is 3. The van der Waals surface area contributed by atoms with Gasteiger partial charge in [0.05, 0.1) is 22.5 Å². The zero-order valence-corrected chi connectivity index (χ0v) is 10.8. The fourth-order valence-corrected chi connectivity index (χ4v) is 1.82. The highest BCUT2D eigenvalue weighted by Crippen LogP contribution is 2.23. The first-order chi connectivity index (χ1) is 8.50. The monoisotopic (exact) mass is 264 g/mol. The summed E-state index contributed by atoms with van der Waals surface area (Å²) in [6.07, 6.45) is 1.48. The maximum Gasteiger partial charge on any atom is 0.258 e. The molecule has 0 aliphatic heterocycles. The van der Waals surface area contributed by atoms with Crippen molar-refractivity contribution in [2.24, 2.45) is 7.05 Å². The highest BCUT2D eigenvalue weighted by atomic mass is 35.5. The van der Waals surface area contributed by atoms with Crippen LogP contribution in [-0.2, 0) is 7.05 Å². The number of anilines is 2. The zero-order chi connectivity index (χ0) is 13.3. The van der Waals surface area contributed by atoms with Gasteiger partial charge in [0.2, 0.25) is 0 Å². The van der Waals surface area contributed by atoms with Crippen LogP contribution in [0.4, 0.5) is 11.5 Å². The summed E-state index contributed by atoms with van der Waals surface area (Å²) in [6, 6.07) is 5.29. The fraction of sp³-hybridized carbons (Fsp3) is 0.167. The summed E-state index contributed by atoms with van der Waals surface area (Å²) in [4.78, 5) is 12.1. The molecule has 1 amide bonds. The minimum absolute atomic E-state index is 0.306. The van der Waals surface area contributed by atoms with E-state index in [0.717, 1.165) is 5.56 Å². The molecule has 0 radical (unpaired) electrons. The third-order valence-corrected chi connectivity index (χ3v) is 3.14. The second-order valence-electron chi connectivity index (χ2n) is 3.96. The van der Waals surface area contributed by atoms with Crippen LogP contribution in [0.2, 0.25) is 5.02 Å². The minimum atomic E-state index is -0.306. The Labute approximate surface area is 110 Å². The maximum atomic E-state index is 12.1. The van der Waals surface area contributed by atoms with E-state index >= 15 is 0 Å². The Balaban J connectivity index is 2.31. The summed E-state index contributed by atoms with van der Waals surface area (Å²) in [7, 11) is 1.70. The molecule has 1 aromatic carbocycles. The first-order valence-corrected chi connectivity index (χ1v) is 5.72. The van der Waals surface area contributed by atoms with E-state index in [-0.39, 0.29) is 5.91 Å². The number of halogens is 1. The van der Waals surface area contributed by atoms with Crippen LogP contribution in [0.25, 0.3) is 0 Å². The van der Waals surface area contributed by atoms with E-state index in [0.29, 0.717) is 22.1 Å². The van der Waals surface area contributed by atoms with Crippen molar-refractivity contribution in [1.29, 1.82) is 0 Å². The number of amides is 1. The number of nitrogens with one attached hydrogen (secondary N) is 1. The van der Waals surface area contributed by atoms with Crippen molar-refractivity contribution in [2.45, 2.75) is 6.92 Å². The number of nitrogen functional groups attached to an aromatic ring is 1. The lowest BCUT2D eigenvalue weighted by Gasteiger charge is -2.09. The molecule has 6 heteroatoms. The number of nitrogens with two attached hydrogens (primary N) is 1. The number of carbonyl (C=O) groups is 1. The van der Waals surface area contributed by atoms with Crippen LogP contribution in [-0.4, -0.2) is 15.7 Å². The molecule has 2 rings (SSSR count). The lowest BCUT2D eigenvalue weighted by atomic mass is 10.1. The molecule has 0 spiro atoms. The topological polar surface area (TPSA) is 72.9 Å². The molecule has 0 saturated carbocycles. The number of benzene rings is 1. The van der Waals surface area contributed by atoms with Gasteiger partial charge in [-0.2, -0.15) is 5.10 Å². The van der Waals surface area contributed by atoms with Crippen LogP contribution >= 0.6 is 11.6 Å². The van der Waals surface area contributed by atoms with Crippen LogP contribution in [0, 0.1) is 6.92 Å². The number of hydrogen-bond donors (Lipinski definition) is 2. The Bertz CT molecular complexity index is 587. The van der Waals surface area contributed by atoms with Gasteiger partial charge < -0.3 is 11.1 Å². The van der Waals surface area contributed by atoms with Crippen molar-refractivity contribution < 1.29 is 4.79 Å². The number of carbonyl (C=O) groups excluding carboxylic acids is 1. The summed E-state index contributed by atoms with van der Waals surface area (Å²) in [5.41, 5.74) is 7.38. The molecule has 0 atom stereocenters. The van der Waals surface area contributed by atoms with E-state index in [9.17, 15) is 4.79 Å². The Morgan fingerprint density at radius 2 is 2.22 bits per heavy atom. The minimum Gasteiger partial charge on any atom is -0.394 e. The second-order valence-corrected chi connectivity index (χ2v) is 4.34. The number of nitrogens with zero attached hydrogens (tertiary/aromatic N) is 2. The Morgan fingerprint density at radius 3 is 2.83 bits per heavy atom. The number of aryl methyl sites for hydroxylation is 2. The summed E-state index contributed by atoms with van der Waals surface area (Å²) in [6.45, 7) is 1.84. The van der Waals surface area contributed by atoms with E-state index in [1.807, 2.05) is 13.0 Å². The molecule has 2 aromatic rings.